The molecule has 0 bridgehead atoms. The number of carbonyl (C=O) groups is 3. The second kappa shape index (κ2) is 9.27. The molecular weight excluding hydrogens is 485 g/mol. The number of rotatable bonds is 5. The minimum atomic E-state index is -0.670. The second-order valence-corrected chi connectivity index (χ2v) is 8.48. The van der Waals surface area contributed by atoms with Gasteiger partial charge in [-0.3, -0.25) is 14.4 Å². The number of hydrogen-bond acceptors (Lipinski definition) is 4. The van der Waals surface area contributed by atoms with Gasteiger partial charge in [-0.05, 0) is 61.0 Å². The van der Waals surface area contributed by atoms with Crippen molar-refractivity contribution in [3.63, 3.8) is 0 Å². The third-order valence-electron chi connectivity index (χ3n) is 4.94. The topological polar surface area (TPSA) is 78.5 Å². The summed E-state index contributed by atoms with van der Waals surface area (Å²) in [5, 5.41) is 6.30. The Morgan fingerprint density at radius 1 is 0.848 bits per heavy atom. The predicted octanol–water partition coefficient (Wildman–Crippen LogP) is 5.99. The average molecular weight is 501 g/mol. The highest BCUT2D eigenvalue weighted by molar-refractivity contribution is 6.53. The van der Waals surface area contributed by atoms with E-state index in [1.165, 1.54) is 6.07 Å². The smallest absolute Gasteiger partial charge is 0.283 e. The Labute approximate surface area is 204 Å². The monoisotopic (exact) mass is 499 g/mol. The van der Waals surface area contributed by atoms with Gasteiger partial charge in [0.2, 0.25) is 0 Å². The van der Waals surface area contributed by atoms with E-state index in [1.807, 2.05) is 6.92 Å². The first kappa shape index (κ1) is 22.9. The molecule has 0 aromatic heterocycles. The number of nitrogens with zero attached hydrogens (tertiary/aromatic N) is 1. The van der Waals surface area contributed by atoms with E-state index in [0.29, 0.717) is 32.7 Å². The molecule has 3 amide bonds. The number of benzene rings is 3. The van der Waals surface area contributed by atoms with Gasteiger partial charge in [-0.25, -0.2) is 4.90 Å². The minimum Gasteiger partial charge on any atom is -0.350 e. The maximum Gasteiger partial charge on any atom is 0.283 e. The van der Waals surface area contributed by atoms with Crippen LogP contribution in [0.4, 0.5) is 17.1 Å². The molecule has 1 aliphatic rings. The van der Waals surface area contributed by atoms with Crippen molar-refractivity contribution < 1.29 is 14.4 Å². The van der Waals surface area contributed by atoms with Crippen molar-refractivity contribution in [2.45, 2.75) is 6.92 Å². The standard InChI is InChI=1S/C24H16Cl3N3O3/c1-13-8-9-16(26)12-19(13)29-22(31)14-4-2-6-17(10-14)28-21-20(27)23(32)30(24(21)33)18-7-3-5-15(25)11-18/h2-12,28H,1H3,(H,29,31). The first-order chi connectivity index (χ1) is 15.7. The van der Waals surface area contributed by atoms with E-state index in [1.54, 1.807) is 60.7 Å². The van der Waals surface area contributed by atoms with Crippen LogP contribution in [0.1, 0.15) is 15.9 Å². The summed E-state index contributed by atoms with van der Waals surface area (Å²) in [4.78, 5) is 39.3. The lowest BCUT2D eigenvalue weighted by Crippen LogP contribution is -2.32. The van der Waals surface area contributed by atoms with E-state index in [-0.39, 0.29) is 16.6 Å². The molecule has 4 rings (SSSR count). The highest BCUT2D eigenvalue weighted by Crippen LogP contribution is 2.31. The third-order valence-corrected chi connectivity index (χ3v) is 5.76. The van der Waals surface area contributed by atoms with Gasteiger partial charge in [-0.2, -0.15) is 0 Å². The molecule has 0 unspecified atom stereocenters. The fourth-order valence-corrected chi connectivity index (χ4v) is 3.84. The van der Waals surface area contributed by atoms with Gasteiger partial charge in [0.15, 0.2) is 0 Å². The van der Waals surface area contributed by atoms with E-state index in [4.69, 9.17) is 34.8 Å². The molecule has 1 aliphatic heterocycles. The molecular formula is C24H16Cl3N3O3. The van der Waals surface area contributed by atoms with Gasteiger partial charge < -0.3 is 10.6 Å². The summed E-state index contributed by atoms with van der Waals surface area (Å²) in [6.45, 7) is 1.85. The molecule has 0 fully saturated rings. The summed E-state index contributed by atoms with van der Waals surface area (Å²) < 4.78 is 0. The first-order valence-electron chi connectivity index (χ1n) is 9.73. The van der Waals surface area contributed by atoms with Crippen molar-refractivity contribution in [1.82, 2.24) is 0 Å². The molecule has 2 N–H and O–H groups in total. The predicted molar refractivity (Wildman–Crippen MR) is 131 cm³/mol. The normalized spacial score (nSPS) is 13.5. The van der Waals surface area contributed by atoms with Gasteiger partial charge in [0.1, 0.15) is 10.7 Å². The van der Waals surface area contributed by atoms with E-state index < -0.39 is 11.8 Å². The van der Waals surface area contributed by atoms with Crippen LogP contribution in [0, 0.1) is 6.92 Å². The Morgan fingerprint density at radius 2 is 1.58 bits per heavy atom. The highest BCUT2D eigenvalue weighted by atomic mass is 35.5. The van der Waals surface area contributed by atoms with Crippen LogP contribution in [0.5, 0.6) is 0 Å². The number of halogens is 3. The van der Waals surface area contributed by atoms with E-state index >= 15 is 0 Å². The maximum absolute atomic E-state index is 12.9. The summed E-state index contributed by atoms with van der Waals surface area (Å²) in [6.07, 6.45) is 0. The SMILES string of the molecule is Cc1ccc(Cl)cc1NC(=O)c1cccc(NC2=C(Cl)C(=O)N(c3cccc(Cl)c3)C2=O)c1. The van der Waals surface area contributed by atoms with Crippen LogP contribution in [-0.2, 0) is 9.59 Å². The third kappa shape index (κ3) is 4.73. The largest absolute Gasteiger partial charge is 0.350 e. The Hall–Kier alpha value is -3.32. The van der Waals surface area contributed by atoms with Gasteiger partial charge in [-0.1, -0.05) is 53.0 Å². The molecule has 0 aliphatic carbocycles. The number of carbonyl (C=O) groups excluding carboxylic acids is 3. The fourth-order valence-electron chi connectivity index (χ4n) is 3.27. The van der Waals surface area contributed by atoms with Crippen LogP contribution in [0.25, 0.3) is 0 Å². The Balaban J connectivity index is 1.55. The highest BCUT2D eigenvalue weighted by Gasteiger charge is 2.39. The molecule has 33 heavy (non-hydrogen) atoms. The van der Waals surface area contributed by atoms with Crippen LogP contribution in [0.15, 0.2) is 77.5 Å². The number of imide groups is 1. The Kier molecular flexibility index (Phi) is 6.42. The summed E-state index contributed by atoms with van der Waals surface area (Å²) in [5.41, 5.74) is 2.40. The van der Waals surface area contributed by atoms with Crippen LogP contribution in [-0.4, -0.2) is 17.7 Å². The van der Waals surface area contributed by atoms with Gasteiger partial charge in [0, 0.05) is 27.0 Å². The summed E-state index contributed by atoms with van der Waals surface area (Å²) in [6, 6.07) is 18.0. The number of nitrogens with one attached hydrogen (secondary N) is 2. The molecule has 3 aromatic carbocycles. The molecule has 9 heteroatoms. The van der Waals surface area contributed by atoms with Crippen molar-refractivity contribution in [3.05, 3.63) is 98.6 Å². The molecule has 1 heterocycles. The molecule has 0 saturated carbocycles. The van der Waals surface area contributed by atoms with Crippen LogP contribution in [0.2, 0.25) is 10.0 Å². The zero-order valence-electron chi connectivity index (χ0n) is 17.2. The van der Waals surface area contributed by atoms with E-state index in [9.17, 15) is 14.4 Å². The van der Waals surface area contributed by atoms with Crippen molar-refractivity contribution in [2.24, 2.45) is 0 Å². The molecule has 0 radical (unpaired) electrons. The Bertz CT molecular complexity index is 1340. The van der Waals surface area contributed by atoms with Crippen molar-refractivity contribution in [2.75, 3.05) is 15.5 Å². The quantitative estimate of drug-likeness (QED) is 0.422. The number of amides is 3. The average Bonchev–Trinajstić information content (AvgIpc) is 2.99. The van der Waals surface area contributed by atoms with E-state index in [2.05, 4.69) is 10.6 Å². The lowest BCUT2D eigenvalue weighted by molar-refractivity contribution is -0.120. The molecule has 166 valence electrons. The van der Waals surface area contributed by atoms with Crippen LogP contribution in [0.3, 0.4) is 0 Å². The maximum atomic E-state index is 12.9. The zero-order valence-corrected chi connectivity index (χ0v) is 19.4. The second-order valence-electron chi connectivity index (χ2n) is 7.23. The minimum absolute atomic E-state index is 0.0927. The molecule has 0 spiro atoms. The first-order valence-corrected chi connectivity index (χ1v) is 10.9. The number of aryl methyl sites for hydroxylation is 1. The summed E-state index contributed by atoms with van der Waals surface area (Å²) in [5.74, 6) is -1.66. The lowest BCUT2D eigenvalue weighted by atomic mass is 10.1. The van der Waals surface area contributed by atoms with Gasteiger partial charge in [0.25, 0.3) is 17.7 Å². The number of anilines is 3. The van der Waals surface area contributed by atoms with Crippen LogP contribution >= 0.6 is 34.8 Å². The van der Waals surface area contributed by atoms with Gasteiger partial charge in [-0.15, -0.1) is 0 Å². The Morgan fingerprint density at radius 3 is 2.33 bits per heavy atom. The fraction of sp³-hybridized carbons (Fsp3) is 0.0417. The lowest BCUT2D eigenvalue weighted by Gasteiger charge is -2.15. The summed E-state index contributed by atoms with van der Waals surface area (Å²) >= 11 is 18.2. The van der Waals surface area contributed by atoms with Crippen molar-refractivity contribution in [3.8, 4) is 0 Å². The van der Waals surface area contributed by atoms with Gasteiger partial charge in [0.05, 0.1) is 5.69 Å². The zero-order chi connectivity index (χ0) is 23.7. The van der Waals surface area contributed by atoms with Gasteiger partial charge >= 0.3 is 0 Å². The number of hydrogen-bond donors (Lipinski definition) is 2. The van der Waals surface area contributed by atoms with Crippen molar-refractivity contribution >= 4 is 69.6 Å². The summed E-state index contributed by atoms with van der Waals surface area (Å²) in [7, 11) is 0. The molecule has 0 atom stereocenters. The van der Waals surface area contributed by atoms with Crippen LogP contribution < -0.4 is 15.5 Å². The molecule has 6 nitrogen and oxygen atoms in total. The van der Waals surface area contributed by atoms with Crippen molar-refractivity contribution in [1.29, 1.82) is 0 Å². The molecule has 3 aromatic rings. The molecule has 0 saturated heterocycles. The van der Waals surface area contributed by atoms with E-state index in [0.717, 1.165) is 10.5 Å².